The van der Waals surface area contributed by atoms with Crippen LogP contribution in [0.1, 0.15) is 22.3 Å². The summed E-state index contributed by atoms with van der Waals surface area (Å²) in [6.45, 7) is 2.83. The van der Waals surface area contributed by atoms with E-state index in [1.807, 2.05) is 25.1 Å². The fourth-order valence-corrected chi connectivity index (χ4v) is 4.13. The number of benzene rings is 3. The maximum absolute atomic E-state index is 6.43. The van der Waals surface area contributed by atoms with Crippen molar-refractivity contribution in [1.29, 1.82) is 0 Å². The van der Waals surface area contributed by atoms with Crippen molar-refractivity contribution in [3.63, 3.8) is 0 Å². The van der Waals surface area contributed by atoms with E-state index in [-0.39, 0.29) is 0 Å². The largest absolute Gasteiger partial charge is 0.284 e. The Labute approximate surface area is 169 Å². The predicted molar refractivity (Wildman–Crippen MR) is 118 cm³/mol. The maximum Gasteiger partial charge on any atom is 0.0806 e. The van der Waals surface area contributed by atoms with E-state index in [2.05, 4.69) is 54.6 Å². The molecule has 0 saturated heterocycles. The van der Waals surface area contributed by atoms with Crippen molar-refractivity contribution in [2.45, 2.75) is 13.3 Å². The second-order valence-electron chi connectivity index (χ2n) is 7.14. The van der Waals surface area contributed by atoms with Gasteiger partial charge in [-0.1, -0.05) is 72.3 Å². The van der Waals surface area contributed by atoms with Crippen LogP contribution in [0.4, 0.5) is 0 Å². The highest BCUT2D eigenvalue weighted by Crippen LogP contribution is 2.36. The third kappa shape index (κ3) is 2.81. The topological polar surface area (TPSA) is 25.2 Å². The van der Waals surface area contributed by atoms with E-state index >= 15 is 0 Å². The number of aryl methyl sites for hydroxylation is 1. The fraction of sp³-hybridized carbons (Fsp3) is 0.120. The molecule has 28 heavy (non-hydrogen) atoms. The minimum Gasteiger partial charge on any atom is -0.284 e. The van der Waals surface area contributed by atoms with Gasteiger partial charge in [0, 0.05) is 33.6 Å². The van der Waals surface area contributed by atoms with E-state index in [1.165, 1.54) is 10.9 Å². The van der Waals surface area contributed by atoms with E-state index in [9.17, 15) is 0 Å². The molecule has 2 heterocycles. The van der Waals surface area contributed by atoms with Gasteiger partial charge in [-0.25, -0.2) is 4.98 Å². The van der Waals surface area contributed by atoms with Crippen LogP contribution in [-0.2, 0) is 6.42 Å². The number of nitrogens with zero attached hydrogens (tertiary/aromatic N) is 2. The first-order valence-corrected chi connectivity index (χ1v) is 9.88. The van der Waals surface area contributed by atoms with E-state index in [1.54, 1.807) is 0 Å². The average Bonchev–Trinajstić information content (AvgIpc) is 2.75. The van der Waals surface area contributed by atoms with Gasteiger partial charge >= 0.3 is 0 Å². The molecule has 3 heteroatoms. The van der Waals surface area contributed by atoms with Crippen molar-refractivity contribution in [3.05, 3.63) is 100 Å². The molecule has 0 fully saturated rings. The second-order valence-corrected chi connectivity index (χ2v) is 7.55. The second kappa shape index (κ2) is 6.88. The molecule has 136 valence electrons. The summed E-state index contributed by atoms with van der Waals surface area (Å²) >= 11 is 6.43. The van der Waals surface area contributed by atoms with Crippen LogP contribution in [-0.4, -0.2) is 17.2 Å². The van der Waals surface area contributed by atoms with Gasteiger partial charge in [0.2, 0.25) is 0 Å². The summed E-state index contributed by atoms with van der Waals surface area (Å²) in [5, 5.41) is 1.94. The molecule has 0 bridgehead atoms. The molecule has 0 atom stereocenters. The number of hydrogen-bond donors (Lipinski definition) is 0. The van der Waals surface area contributed by atoms with Crippen LogP contribution in [0.5, 0.6) is 0 Å². The monoisotopic (exact) mass is 382 g/mol. The summed E-state index contributed by atoms with van der Waals surface area (Å²) in [4.78, 5) is 10.00. The molecule has 1 aliphatic heterocycles. The minimum absolute atomic E-state index is 0.756. The summed E-state index contributed by atoms with van der Waals surface area (Å²) in [6, 6.07) is 24.9. The summed E-state index contributed by atoms with van der Waals surface area (Å²) in [5.74, 6) is 0. The van der Waals surface area contributed by atoms with Crippen molar-refractivity contribution in [1.82, 2.24) is 4.98 Å². The number of aromatic nitrogens is 1. The molecule has 0 saturated carbocycles. The number of rotatable bonds is 2. The normalized spacial score (nSPS) is 13.3. The SMILES string of the molecule is Cc1cc2c3c(c(-c4ccccc4)nc2cc1Cl)C(c1ccccc1)=NCC3. The lowest BCUT2D eigenvalue weighted by atomic mass is 9.87. The van der Waals surface area contributed by atoms with Gasteiger partial charge in [0.05, 0.1) is 16.9 Å². The van der Waals surface area contributed by atoms with Gasteiger partial charge in [-0.05, 0) is 36.6 Å². The predicted octanol–water partition coefficient (Wildman–Crippen LogP) is 6.26. The lowest BCUT2D eigenvalue weighted by Gasteiger charge is -2.23. The number of aliphatic imine (C=N–C) groups is 1. The number of pyridine rings is 1. The Hall–Kier alpha value is -2.97. The minimum atomic E-state index is 0.756. The van der Waals surface area contributed by atoms with Gasteiger partial charge in [0.15, 0.2) is 0 Å². The van der Waals surface area contributed by atoms with Crippen LogP contribution in [0.3, 0.4) is 0 Å². The molecule has 0 aliphatic carbocycles. The first-order valence-electron chi connectivity index (χ1n) is 9.51. The van der Waals surface area contributed by atoms with E-state index in [4.69, 9.17) is 21.6 Å². The highest BCUT2D eigenvalue weighted by Gasteiger charge is 2.24. The van der Waals surface area contributed by atoms with Gasteiger partial charge in [-0.2, -0.15) is 0 Å². The summed E-state index contributed by atoms with van der Waals surface area (Å²) in [7, 11) is 0. The van der Waals surface area contributed by atoms with Crippen LogP contribution >= 0.6 is 11.6 Å². The Morgan fingerprint density at radius 3 is 2.25 bits per heavy atom. The molecule has 1 aromatic heterocycles. The summed E-state index contributed by atoms with van der Waals surface area (Å²) < 4.78 is 0. The Balaban J connectivity index is 1.88. The molecule has 1 aliphatic rings. The van der Waals surface area contributed by atoms with Crippen LogP contribution < -0.4 is 0 Å². The lowest BCUT2D eigenvalue weighted by molar-refractivity contribution is 0.950. The van der Waals surface area contributed by atoms with Crippen LogP contribution in [0, 0.1) is 6.92 Å². The quantitative estimate of drug-likeness (QED) is 0.401. The Kier molecular flexibility index (Phi) is 4.22. The molecule has 0 amide bonds. The lowest BCUT2D eigenvalue weighted by Crippen LogP contribution is -2.17. The number of hydrogen-bond acceptors (Lipinski definition) is 2. The Bertz CT molecular complexity index is 1210. The Morgan fingerprint density at radius 2 is 1.54 bits per heavy atom. The first kappa shape index (κ1) is 17.2. The Morgan fingerprint density at radius 1 is 0.857 bits per heavy atom. The summed E-state index contributed by atoms with van der Waals surface area (Å²) in [5.41, 5.74) is 8.73. The van der Waals surface area contributed by atoms with Gasteiger partial charge in [0.1, 0.15) is 0 Å². The maximum atomic E-state index is 6.43. The van der Waals surface area contributed by atoms with E-state index in [0.29, 0.717) is 0 Å². The van der Waals surface area contributed by atoms with Gasteiger partial charge in [-0.15, -0.1) is 0 Å². The van der Waals surface area contributed by atoms with Crippen LogP contribution in [0.2, 0.25) is 5.02 Å². The van der Waals surface area contributed by atoms with Crippen molar-refractivity contribution >= 4 is 28.2 Å². The van der Waals surface area contributed by atoms with Crippen molar-refractivity contribution in [2.24, 2.45) is 4.99 Å². The summed E-state index contributed by atoms with van der Waals surface area (Å²) in [6.07, 6.45) is 0.908. The van der Waals surface area contributed by atoms with Crippen LogP contribution in [0.25, 0.3) is 22.2 Å². The molecule has 4 aromatic rings. The van der Waals surface area contributed by atoms with Gasteiger partial charge < -0.3 is 0 Å². The average molecular weight is 383 g/mol. The molecule has 3 aromatic carbocycles. The number of halogens is 1. The third-order valence-corrected chi connectivity index (χ3v) is 5.74. The standard InChI is InChI=1S/C25H19ClN2/c1-16-14-20-19-12-13-27-24(17-8-4-2-5-9-17)23(19)25(18-10-6-3-7-11-18)28-22(20)15-21(16)26/h2-11,14-15H,12-13H2,1H3. The molecule has 5 rings (SSSR count). The molecule has 2 nitrogen and oxygen atoms in total. The van der Waals surface area contributed by atoms with Crippen molar-refractivity contribution < 1.29 is 0 Å². The highest BCUT2D eigenvalue weighted by atomic mass is 35.5. The molecule has 0 radical (unpaired) electrons. The number of fused-ring (bicyclic) bond motifs is 3. The van der Waals surface area contributed by atoms with Crippen LogP contribution in [0.15, 0.2) is 77.8 Å². The molecule has 0 N–H and O–H groups in total. The zero-order valence-corrected chi connectivity index (χ0v) is 16.4. The first-order chi connectivity index (χ1) is 13.7. The zero-order valence-electron chi connectivity index (χ0n) is 15.6. The van der Waals surface area contributed by atoms with Crippen molar-refractivity contribution in [3.8, 4) is 11.3 Å². The molecule has 0 spiro atoms. The van der Waals surface area contributed by atoms with Gasteiger partial charge in [-0.3, -0.25) is 4.99 Å². The highest BCUT2D eigenvalue weighted by molar-refractivity contribution is 6.32. The van der Waals surface area contributed by atoms with E-state index < -0.39 is 0 Å². The molecular weight excluding hydrogens is 364 g/mol. The van der Waals surface area contributed by atoms with Gasteiger partial charge in [0.25, 0.3) is 0 Å². The van der Waals surface area contributed by atoms with E-state index in [0.717, 1.165) is 57.2 Å². The smallest absolute Gasteiger partial charge is 0.0806 e. The molecular formula is C25H19ClN2. The fourth-order valence-electron chi connectivity index (χ4n) is 3.97. The van der Waals surface area contributed by atoms with Crippen molar-refractivity contribution in [2.75, 3.05) is 6.54 Å². The zero-order chi connectivity index (χ0) is 19.1. The third-order valence-electron chi connectivity index (χ3n) is 5.34. The molecule has 0 unspecified atom stereocenters.